The fraction of sp³-hybridized carbons (Fsp3) is 0.179. The standard InChI is InChI=1S/C56H41FN4/c1-58-47-22-19-37(20-23-47)36-15-17-38(18-16-36)48-13-8-14-50-52(48)49-24-21-41(33-51(49)56(50)44-26-34-25-35(28-44)29-45(56)27-34)42-30-43(32-46(57)31-42)55-60-53(39-9-4-2-5-10-39)59-54(61-55)40-11-6-3-7-12-40/h2-24,30-35,44-45H,25-29H2. The molecule has 0 aliphatic heterocycles. The quantitative estimate of drug-likeness (QED) is 0.158. The van der Waals surface area contributed by atoms with E-state index >= 15 is 4.39 Å². The van der Waals surface area contributed by atoms with Crippen LogP contribution in [-0.4, -0.2) is 15.0 Å². The Hall–Kier alpha value is -7.03. The first-order valence-electron chi connectivity index (χ1n) is 21.6. The van der Waals surface area contributed by atoms with Crippen molar-refractivity contribution in [1.29, 1.82) is 0 Å². The predicted molar refractivity (Wildman–Crippen MR) is 242 cm³/mol. The van der Waals surface area contributed by atoms with Crippen molar-refractivity contribution in [2.45, 2.75) is 37.5 Å². The van der Waals surface area contributed by atoms with Crippen molar-refractivity contribution in [2.24, 2.45) is 23.7 Å². The van der Waals surface area contributed by atoms with Crippen LogP contribution < -0.4 is 0 Å². The van der Waals surface area contributed by atoms with E-state index in [1.165, 1.54) is 65.5 Å². The normalized spacial score (nSPS) is 21.6. The highest BCUT2D eigenvalue weighted by Crippen LogP contribution is 2.70. The maximum absolute atomic E-state index is 16.0. The third-order valence-corrected chi connectivity index (χ3v) is 14.4. The number of halogens is 1. The molecule has 4 saturated carbocycles. The lowest BCUT2D eigenvalue weighted by Gasteiger charge is -2.61. The molecule has 0 atom stereocenters. The third kappa shape index (κ3) is 5.80. The Kier molecular flexibility index (Phi) is 8.25. The second-order valence-corrected chi connectivity index (χ2v) is 17.7. The van der Waals surface area contributed by atoms with Crippen molar-refractivity contribution in [2.75, 3.05) is 0 Å². The van der Waals surface area contributed by atoms with Crippen molar-refractivity contribution in [3.8, 4) is 78.7 Å². The monoisotopic (exact) mass is 788 g/mol. The Morgan fingerprint density at radius 3 is 1.59 bits per heavy atom. The van der Waals surface area contributed by atoms with Gasteiger partial charge in [-0.05, 0) is 136 Å². The van der Waals surface area contributed by atoms with Gasteiger partial charge in [-0.15, -0.1) is 0 Å². The first-order chi connectivity index (χ1) is 30.0. The minimum absolute atomic E-state index is 0.0752. The van der Waals surface area contributed by atoms with E-state index in [2.05, 4.69) is 71.6 Å². The number of hydrogen-bond acceptors (Lipinski definition) is 3. The largest absolute Gasteiger partial charge is 0.238 e. The molecule has 0 unspecified atom stereocenters. The minimum atomic E-state index is -0.323. The van der Waals surface area contributed by atoms with Crippen LogP contribution in [0.3, 0.4) is 0 Å². The molecule has 0 radical (unpaired) electrons. The van der Waals surface area contributed by atoms with Gasteiger partial charge in [-0.25, -0.2) is 24.2 Å². The fourth-order valence-corrected chi connectivity index (χ4v) is 12.1. The molecule has 4 fully saturated rings. The summed E-state index contributed by atoms with van der Waals surface area (Å²) < 4.78 is 16.0. The molecule has 0 amide bonds. The minimum Gasteiger partial charge on any atom is -0.238 e. The van der Waals surface area contributed by atoms with E-state index in [0.29, 0.717) is 40.6 Å². The molecular weight excluding hydrogens is 748 g/mol. The van der Waals surface area contributed by atoms with Crippen molar-refractivity contribution >= 4 is 5.69 Å². The second-order valence-electron chi connectivity index (χ2n) is 17.7. The molecule has 4 nitrogen and oxygen atoms in total. The molecule has 1 aromatic heterocycles. The molecule has 13 rings (SSSR count). The smallest absolute Gasteiger partial charge is 0.187 e. The highest BCUT2D eigenvalue weighted by Gasteiger charge is 2.61. The van der Waals surface area contributed by atoms with Gasteiger partial charge in [0, 0.05) is 22.1 Å². The summed E-state index contributed by atoms with van der Waals surface area (Å²) in [7, 11) is 0. The zero-order valence-corrected chi connectivity index (χ0v) is 33.6. The first kappa shape index (κ1) is 35.9. The molecular formula is C56H41FN4. The van der Waals surface area contributed by atoms with E-state index in [1.807, 2.05) is 84.9 Å². The van der Waals surface area contributed by atoms with Crippen LogP contribution in [0.15, 0.2) is 164 Å². The topological polar surface area (TPSA) is 43.0 Å². The lowest BCUT2D eigenvalue weighted by molar-refractivity contribution is -0.0399. The van der Waals surface area contributed by atoms with Crippen LogP contribution in [0, 0.1) is 36.1 Å². The van der Waals surface area contributed by atoms with Gasteiger partial charge in [-0.3, -0.25) is 0 Å². The Labute approximate surface area is 355 Å². The zero-order valence-electron chi connectivity index (χ0n) is 33.6. The molecule has 8 aromatic rings. The lowest BCUT2D eigenvalue weighted by atomic mass is 9.43. The summed E-state index contributed by atoms with van der Waals surface area (Å²) >= 11 is 0. The molecule has 7 aromatic carbocycles. The lowest BCUT2D eigenvalue weighted by Crippen LogP contribution is -2.55. The molecule has 0 saturated heterocycles. The van der Waals surface area contributed by atoms with Crippen molar-refractivity contribution in [1.82, 2.24) is 15.0 Å². The molecule has 1 heterocycles. The number of rotatable bonds is 6. The third-order valence-electron chi connectivity index (χ3n) is 14.4. The van der Waals surface area contributed by atoms with Gasteiger partial charge in [0.05, 0.1) is 6.57 Å². The van der Waals surface area contributed by atoms with E-state index in [9.17, 15) is 0 Å². The average molecular weight is 789 g/mol. The van der Waals surface area contributed by atoms with Gasteiger partial charge in [0.1, 0.15) is 5.82 Å². The summed E-state index contributed by atoms with van der Waals surface area (Å²) in [6, 6.07) is 55.8. The fourth-order valence-electron chi connectivity index (χ4n) is 12.1. The zero-order chi connectivity index (χ0) is 40.7. The van der Waals surface area contributed by atoms with Crippen LogP contribution in [0.25, 0.3) is 83.5 Å². The highest BCUT2D eigenvalue weighted by atomic mass is 19.1. The summed E-state index contributed by atoms with van der Waals surface area (Å²) in [6.07, 6.45) is 6.49. The number of benzene rings is 7. The molecule has 4 bridgehead atoms. The summed E-state index contributed by atoms with van der Waals surface area (Å²) in [5, 5.41) is 0. The number of fused-ring (bicyclic) bond motifs is 3. The van der Waals surface area contributed by atoms with E-state index in [1.54, 1.807) is 12.1 Å². The summed E-state index contributed by atoms with van der Waals surface area (Å²) in [5.41, 5.74) is 15.0. The summed E-state index contributed by atoms with van der Waals surface area (Å²) in [4.78, 5) is 18.3. The number of hydrogen-bond donors (Lipinski definition) is 0. The maximum Gasteiger partial charge on any atom is 0.187 e. The molecule has 5 heteroatoms. The van der Waals surface area contributed by atoms with Gasteiger partial charge in [0.25, 0.3) is 0 Å². The molecule has 1 spiro atoms. The number of aromatic nitrogens is 3. The molecule has 5 aliphatic rings. The Morgan fingerprint density at radius 2 is 0.984 bits per heavy atom. The average Bonchev–Trinajstić information content (AvgIpc) is 3.61. The summed E-state index contributed by atoms with van der Waals surface area (Å²) in [5.74, 6) is 4.01. The Bertz CT molecular complexity index is 2960. The van der Waals surface area contributed by atoms with Crippen LogP contribution in [0.4, 0.5) is 10.1 Å². The van der Waals surface area contributed by atoms with Gasteiger partial charge < -0.3 is 0 Å². The van der Waals surface area contributed by atoms with Crippen LogP contribution in [0.2, 0.25) is 0 Å². The van der Waals surface area contributed by atoms with Crippen LogP contribution in [0.1, 0.15) is 43.2 Å². The van der Waals surface area contributed by atoms with Crippen molar-refractivity contribution in [3.05, 3.63) is 192 Å². The first-order valence-corrected chi connectivity index (χ1v) is 21.6. The molecule has 292 valence electrons. The Morgan fingerprint density at radius 1 is 0.443 bits per heavy atom. The van der Waals surface area contributed by atoms with Crippen molar-refractivity contribution in [3.63, 3.8) is 0 Å². The van der Waals surface area contributed by atoms with Gasteiger partial charge in [0.15, 0.2) is 23.2 Å². The molecule has 0 N–H and O–H groups in total. The van der Waals surface area contributed by atoms with Gasteiger partial charge in [0.2, 0.25) is 0 Å². The van der Waals surface area contributed by atoms with Crippen molar-refractivity contribution < 1.29 is 4.39 Å². The van der Waals surface area contributed by atoms with E-state index in [0.717, 1.165) is 45.2 Å². The van der Waals surface area contributed by atoms with Crippen LogP contribution in [0.5, 0.6) is 0 Å². The Balaban J connectivity index is 0.994. The predicted octanol–water partition coefficient (Wildman–Crippen LogP) is 14.3. The van der Waals surface area contributed by atoms with E-state index in [-0.39, 0.29) is 11.2 Å². The highest BCUT2D eigenvalue weighted by molar-refractivity contribution is 5.94. The number of nitrogens with zero attached hydrogens (tertiary/aromatic N) is 4. The molecule has 5 aliphatic carbocycles. The SMILES string of the molecule is [C-]#[N+]c1ccc(-c2ccc(-c3cccc4c3-c3ccc(-c5cc(F)cc(-c6nc(-c7ccccc7)nc(-c7ccccc7)n6)c5)cc3C43C4CC5CC(C4)CC3C5)cc2)cc1. The second kappa shape index (κ2) is 14.0. The molecule has 61 heavy (non-hydrogen) atoms. The van der Waals surface area contributed by atoms with Crippen LogP contribution in [-0.2, 0) is 5.41 Å². The van der Waals surface area contributed by atoms with Gasteiger partial charge >= 0.3 is 0 Å². The van der Waals surface area contributed by atoms with Gasteiger partial charge in [-0.2, -0.15) is 0 Å². The van der Waals surface area contributed by atoms with E-state index in [4.69, 9.17) is 21.5 Å². The van der Waals surface area contributed by atoms with Gasteiger partial charge in [-0.1, -0.05) is 140 Å². The van der Waals surface area contributed by atoms with E-state index < -0.39 is 0 Å². The van der Waals surface area contributed by atoms with Crippen LogP contribution >= 0.6 is 0 Å². The summed E-state index contributed by atoms with van der Waals surface area (Å²) in [6.45, 7) is 7.35. The maximum atomic E-state index is 16.0.